The molecular formula is C16H27NO3. The molecule has 4 heteroatoms. The Morgan fingerprint density at radius 1 is 0.950 bits per heavy atom. The van der Waals surface area contributed by atoms with Crippen LogP contribution in [0.2, 0.25) is 0 Å². The molecule has 4 rings (SSSR count). The second kappa shape index (κ2) is 6.44. The summed E-state index contributed by atoms with van der Waals surface area (Å²) in [5.74, 6) is 1.88. The van der Waals surface area contributed by atoms with Crippen molar-refractivity contribution in [3.05, 3.63) is 0 Å². The van der Waals surface area contributed by atoms with Crippen molar-refractivity contribution in [2.45, 2.75) is 76.4 Å². The third kappa shape index (κ3) is 3.53. The molecule has 0 aromatic rings. The minimum absolute atomic E-state index is 0.177. The Balaban J connectivity index is 1.37. The van der Waals surface area contributed by atoms with Crippen molar-refractivity contribution in [2.24, 2.45) is 23.5 Å². The summed E-state index contributed by atoms with van der Waals surface area (Å²) in [5.41, 5.74) is 5.25. The van der Waals surface area contributed by atoms with E-state index in [9.17, 15) is 4.79 Å². The molecule has 114 valence electrons. The fourth-order valence-corrected chi connectivity index (χ4v) is 4.30. The Bertz CT molecular complexity index is 331. The lowest BCUT2D eigenvalue weighted by Gasteiger charge is -2.41. The quantitative estimate of drug-likeness (QED) is 0.622. The molecule has 0 aromatic carbocycles. The SMILES string of the molecule is NC(=O)CC1CCC(OO[C@H]2CC3CCC2CC3)CC1. The van der Waals surface area contributed by atoms with Crippen LogP contribution in [0.3, 0.4) is 0 Å². The van der Waals surface area contributed by atoms with Gasteiger partial charge in [-0.05, 0) is 75.5 Å². The first-order chi connectivity index (χ1) is 9.70. The third-order valence-electron chi connectivity index (χ3n) is 5.58. The lowest BCUT2D eigenvalue weighted by molar-refractivity contribution is -0.371. The van der Waals surface area contributed by atoms with Crippen LogP contribution in [0.25, 0.3) is 0 Å². The zero-order valence-corrected chi connectivity index (χ0v) is 12.3. The van der Waals surface area contributed by atoms with Gasteiger partial charge >= 0.3 is 0 Å². The normalized spacial score (nSPS) is 40.7. The van der Waals surface area contributed by atoms with E-state index >= 15 is 0 Å². The molecule has 2 bridgehead atoms. The summed E-state index contributed by atoms with van der Waals surface area (Å²) >= 11 is 0. The van der Waals surface area contributed by atoms with Gasteiger partial charge in [0.05, 0.1) is 12.2 Å². The van der Waals surface area contributed by atoms with Gasteiger partial charge in [0.15, 0.2) is 0 Å². The number of carbonyl (C=O) groups is 1. The van der Waals surface area contributed by atoms with Gasteiger partial charge in [-0.25, -0.2) is 9.78 Å². The van der Waals surface area contributed by atoms with Gasteiger partial charge < -0.3 is 5.73 Å². The smallest absolute Gasteiger partial charge is 0.217 e. The summed E-state index contributed by atoms with van der Waals surface area (Å²) < 4.78 is 0. The van der Waals surface area contributed by atoms with Gasteiger partial charge in [-0.15, -0.1) is 0 Å². The predicted octanol–water partition coefficient (Wildman–Crippen LogP) is 2.95. The highest BCUT2D eigenvalue weighted by Gasteiger charge is 2.37. The second-order valence-corrected chi connectivity index (χ2v) is 7.06. The Labute approximate surface area is 121 Å². The molecule has 20 heavy (non-hydrogen) atoms. The van der Waals surface area contributed by atoms with E-state index in [1.165, 1.54) is 32.1 Å². The third-order valence-corrected chi connectivity index (χ3v) is 5.58. The molecule has 4 nitrogen and oxygen atoms in total. The van der Waals surface area contributed by atoms with Crippen molar-refractivity contribution in [1.82, 2.24) is 0 Å². The highest BCUT2D eigenvalue weighted by molar-refractivity contribution is 5.73. The van der Waals surface area contributed by atoms with Crippen LogP contribution in [0, 0.1) is 17.8 Å². The van der Waals surface area contributed by atoms with Gasteiger partial charge in [-0.2, -0.15) is 0 Å². The van der Waals surface area contributed by atoms with E-state index in [2.05, 4.69) is 0 Å². The van der Waals surface area contributed by atoms with E-state index in [1.807, 2.05) is 0 Å². The van der Waals surface area contributed by atoms with Crippen LogP contribution in [0.15, 0.2) is 0 Å². The van der Waals surface area contributed by atoms with Gasteiger partial charge in [-0.1, -0.05) is 0 Å². The molecule has 0 spiro atoms. The standard InChI is InChI=1S/C16H27NO3/c17-16(18)10-12-3-7-14(8-4-12)19-20-15-9-11-1-5-13(15)6-2-11/h11-15H,1-10H2,(H2,17,18)/t11?,12?,13?,14?,15-/m0/s1. The largest absolute Gasteiger partial charge is 0.370 e. The van der Waals surface area contributed by atoms with Crippen molar-refractivity contribution in [3.63, 3.8) is 0 Å². The number of carbonyl (C=O) groups excluding carboxylic acids is 1. The number of primary amides is 1. The van der Waals surface area contributed by atoms with E-state index in [-0.39, 0.29) is 12.0 Å². The molecule has 0 aromatic heterocycles. The van der Waals surface area contributed by atoms with E-state index in [4.69, 9.17) is 15.5 Å². The first-order valence-corrected chi connectivity index (χ1v) is 8.31. The first-order valence-electron chi connectivity index (χ1n) is 8.31. The highest BCUT2D eigenvalue weighted by Crippen LogP contribution is 2.43. The van der Waals surface area contributed by atoms with E-state index in [0.717, 1.165) is 37.5 Å². The summed E-state index contributed by atoms with van der Waals surface area (Å²) in [4.78, 5) is 22.4. The monoisotopic (exact) mass is 281 g/mol. The number of fused-ring (bicyclic) bond motifs is 3. The average Bonchev–Trinajstić information content (AvgIpc) is 2.47. The van der Waals surface area contributed by atoms with E-state index < -0.39 is 0 Å². The summed E-state index contributed by atoms with van der Waals surface area (Å²) in [6.45, 7) is 0. The molecular weight excluding hydrogens is 254 g/mol. The Kier molecular flexibility index (Phi) is 4.61. The van der Waals surface area contributed by atoms with Crippen LogP contribution in [0.5, 0.6) is 0 Å². The van der Waals surface area contributed by atoms with E-state index in [1.54, 1.807) is 0 Å². The van der Waals surface area contributed by atoms with Crippen LogP contribution in [0.1, 0.15) is 64.2 Å². The lowest BCUT2D eigenvalue weighted by atomic mass is 9.69. The molecule has 4 aliphatic rings. The van der Waals surface area contributed by atoms with Gasteiger partial charge in [0.2, 0.25) is 5.91 Å². The number of hydrogen-bond acceptors (Lipinski definition) is 3. The van der Waals surface area contributed by atoms with Crippen LogP contribution >= 0.6 is 0 Å². The molecule has 4 aliphatic carbocycles. The maximum absolute atomic E-state index is 10.9. The lowest BCUT2D eigenvalue weighted by Crippen LogP contribution is -2.38. The van der Waals surface area contributed by atoms with Gasteiger partial charge in [0.25, 0.3) is 0 Å². The fourth-order valence-electron chi connectivity index (χ4n) is 4.30. The molecule has 4 fully saturated rings. The van der Waals surface area contributed by atoms with E-state index in [0.29, 0.717) is 18.4 Å². The Morgan fingerprint density at radius 3 is 2.20 bits per heavy atom. The Hall–Kier alpha value is -0.610. The molecule has 4 saturated carbocycles. The summed E-state index contributed by atoms with van der Waals surface area (Å²) in [6, 6.07) is 0. The van der Waals surface area contributed by atoms with Crippen molar-refractivity contribution < 1.29 is 14.6 Å². The molecule has 0 radical (unpaired) electrons. The molecule has 0 saturated heterocycles. The number of rotatable bonds is 5. The fraction of sp³-hybridized carbons (Fsp3) is 0.938. The topological polar surface area (TPSA) is 61.6 Å². The van der Waals surface area contributed by atoms with Gasteiger partial charge in [-0.3, -0.25) is 4.79 Å². The van der Waals surface area contributed by atoms with Crippen molar-refractivity contribution in [1.29, 1.82) is 0 Å². The molecule has 1 amide bonds. The Morgan fingerprint density at radius 2 is 1.65 bits per heavy atom. The highest BCUT2D eigenvalue weighted by atomic mass is 17.2. The predicted molar refractivity (Wildman–Crippen MR) is 75.6 cm³/mol. The summed E-state index contributed by atoms with van der Waals surface area (Å²) in [6.07, 6.45) is 11.8. The zero-order chi connectivity index (χ0) is 13.9. The van der Waals surface area contributed by atoms with Crippen LogP contribution < -0.4 is 5.73 Å². The summed E-state index contributed by atoms with van der Waals surface area (Å²) in [7, 11) is 0. The van der Waals surface area contributed by atoms with Crippen molar-refractivity contribution in [2.75, 3.05) is 0 Å². The van der Waals surface area contributed by atoms with Crippen LogP contribution in [0.4, 0.5) is 0 Å². The minimum Gasteiger partial charge on any atom is -0.370 e. The van der Waals surface area contributed by atoms with Crippen LogP contribution in [-0.2, 0) is 14.6 Å². The maximum atomic E-state index is 10.9. The maximum Gasteiger partial charge on any atom is 0.217 e. The molecule has 2 N–H and O–H groups in total. The van der Waals surface area contributed by atoms with Gasteiger partial charge in [0, 0.05) is 6.42 Å². The molecule has 0 heterocycles. The number of amides is 1. The minimum atomic E-state index is -0.177. The van der Waals surface area contributed by atoms with Crippen molar-refractivity contribution in [3.8, 4) is 0 Å². The first kappa shape index (κ1) is 14.3. The average molecular weight is 281 g/mol. The molecule has 0 aliphatic heterocycles. The summed E-state index contributed by atoms with van der Waals surface area (Å²) in [5, 5.41) is 0. The second-order valence-electron chi connectivity index (χ2n) is 7.06. The molecule has 1 atom stereocenters. The molecule has 0 unspecified atom stereocenters. The number of hydrogen-bond donors (Lipinski definition) is 1. The zero-order valence-electron chi connectivity index (χ0n) is 12.3. The van der Waals surface area contributed by atoms with Crippen LogP contribution in [-0.4, -0.2) is 18.1 Å². The van der Waals surface area contributed by atoms with Crippen molar-refractivity contribution >= 4 is 5.91 Å². The van der Waals surface area contributed by atoms with Gasteiger partial charge in [0.1, 0.15) is 0 Å². The number of nitrogens with two attached hydrogens (primary N) is 1.